The van der Waals surface area contributed by atoms with E-state index in [0.717, 1.165) is 5.52 Å². The van der Waals surface area contributed by atoms with Gasteiger partial charge in [-0.25, -0.2) is 4.98 Å². The van der Waals surface area contributed by atoms with Crippen LogP contribution < -0.4 is 11.3 Å². The Bertz CT molecular complexity index is 482. The van der Waals surface area contributed by atoms with Crippen molar-refractivity contribution >= 4 is 16.9 Å². The Hall–Kier alpha value is -1.78. The summed E-state index contributed by atoms with van der Waals surface area (Å²) < 4.78 is 1.75. The minimum Gasteiger partial charge on any atom is -0.385 e. The summed E-state index contributed by atoms with van der Waals surface area (Å²) >= 11 is 0. The maximum absolute atomic E-state index is 11.2. The summed E-state index contributed by atoms with van der Waals surface area (Å²) in [6, 6.07) is 1.68. The fourth-order valence-electron chi connectivity index (χ4n) is 1.16. The Kier molecular flexibility index (Phi) is 1.21. The van der Waals surface area contributed by atoms with Gasteiger partial charge in [-0.2, -0.15) is 0 Å². The number of H-pyrrole nitrogens is 1. The van der Waals surface area contributed by atoms with E-state index in [2.05, 4.69) is 9.97 Å². The van der Waals surface area contributed by atoms with Gasteiger partial charge < -0.3 is 15.3 Å². The fraction of sp³-hybridized carbons (Fsp3) is 0.143. The molecular formula is C7H8N4O. The van der Waals surface area contributed by atoms with Crippen LogP contribution in [0.2, 0.25) is 0 Å². The summed E-state index contributed by atoms with van der Waals surface area (Å²) in [4.78, 5) is 17.6. The van der Waals surface area contributed by atoms with Crippen LogP contribution in [0.1, 0.15) is 0 Å². The number of aryl methyl sites for hydroxylation is 1. The van der Waals surface area contributed by atoms with E-state index in [1.807, 2.05) is 7.05 Å². The Labute approximate surface area is 67.8 Å². The average molecular weight is 164 g/mol. The van der Waals surface area contributed by atoms with E-state index >= 15 is 0 Å². The number of nitrogen functional groups attached to an aromatic ring is 1. The highest BCUT2D eigenvalue weighted by atomic mass is 16.1. The largest absolute Gasteiger partial charge is 0.385 e. The van der Waals surface area contributed by atoms with Crippen LogP contribution in [0.15, 0.2) is 17.2 Å². The summed E-state index contributed by atoms with van der Waals surface area (Å²) in [5.41, 5.74) is 6.38. The van der Waals surface area contributed by atoms with Crippen LogP contribution >= 0.6 is 0 Å². The maximum Gasteiger partial charge on any atom is 0.277 e. The first-order valence-electron chi connectivity index (χ1n) is 3.48. The molecular weight excluding hydrogens is 156 g/mol. The normalized spacial score (nSPS) is 10.8. The van der Waals surface area contributed by atoms with Gasteiger partial charge in [0.2, 0.25) is 0 Å². The third-order valence-electron chi connectivity index (χ3n) is 1.75. The number of nitrogens with one attached hydrogen (secondary N) is 1. The number of hydrogen-bond donors (Lipinski definition) is 2. The van der Waals surface area contributed by atoms with Crippen molar-refractivity contribution in [2.45, 2.75) is 0 Å². The van der Waals surface area contributed by atoms with Gasteiger partial charge in [0.1, 0.15) is 5.82 Å². The highest BCUT2D eigenvalue weighted by Gasteiger charge is 2.03. The van der Waals surface area contributed by atoms with Crippen LogP contribution in [0.25, 0.3) is 11.0 Å². The molecule has 0 spiro atoms. The second-order valence-corrected chi connectivity index (χ2v) is 2.64. The summed E-state index contributed by atoms with van der Waals surface area (Å²) in [7, 11) is 1.81. The first-order valence-corrected chi connectivity index (χ1v) is 3.48. The van der Waals surface area contributed by atoms with E-state index in [9.17, 15) is 4.79 Å². The van der Waals surface area contributed by atoms with Crippen molar-refractivity contribution in [2.24, 2.45) is 7.05 Å². The zero-order valence-electron chi connectivity index (χ0n) is 6.53. The Morgan fingerprint density at radius 3 is 3.17 bits per heavy atom. The number of hydrogen-bond acceptors (Lipinski definition) is 3. The lowest BCUT2D eigenvalue weighted by Gasteiger charge is -1.94. The Balaban J connectivity index is 3.03. The van der Waals surface area contributed by atoms with Crippen LogP contribution in [-0.2, 0) is 7.05 Å². The number of fused-ring (bicyclic) bond motifs is 1. The lowest BCUT2D eigenvalue weighted by atomic mass is 10.4. The van der Waals surface area contributed by atoms with E-state index in [1.165, 1.54) is 0 Å². The van der Waals surface area contributed by atoms with E-state index in [0.29, 0.717) is 11.3 Å². The van der Waals surface area contributed by atoms with Gasteiger partial charge in [0.05, 0.1) is 11.8 Å². The molecule has 0 saturated heterocycles. The monoisotopic (exact) mass is 164 g/mol. The van der Waals surface area contributed by atoms with Crippen molar-refractivity contribution in [3.63, 3.8) is 0 Å². The fourth-order valence-corrected chi connectivity index (χ4v) is 1.16. The van der Waals surface area contributed by atoms with Crippen LogP contribution in [-0.4, -0.2) is 14.5 Å². The van der Waals surface area contributed by atoms with Crippen LogP contribution in [0.5, 0.6) is 0 Å². The van der Waals surface area contributed by atoms with Crippen molar-refractivity contribution in [3.8, 4) is 0 Å². The molecule has 5 nitrogen and oxygen atoms in total. The molecule has 2 aromatic heterocycles. The molecule has 62 valence electrons. The second kappa shape index (κ2) is 2.10. The molecule has 0 aromatic carbocycles. The van der Waals surface area contributed by atoms with E-state index in [4.69, 9.17) is 5.73 Å². The minimum absolute atomic E-state index is 0.245. The van der Waals surface area contributed by atoms with Gasteiger partial charge in [-0.15, -0.1) is 0 Å². The quantitative estimate of drug-likeness (QED) is 0.568. The Morgan fingerprint density at radius 2 is 2.42 bits per heavy atom. The molecule has 12 heavy (non-hydrogen) atoms. The number of aromatic amines is 1. The molecule has 0 aliphatic heterocycles. The maximum atomic E-state index is 11.2. The van der Waals surface area contributed by atoms with E-state index in [1.54, 1.807) is 17.0 Å². The number of nitrogens with zero attached hydrogens (tertiary/aromatic N) is 2. The second-order valence-electron chi connectivity index (χ2n) is 2.64. The number of imidazole rings is 1. The molecule has 0 fully saturated rings. The SMILES string of the molecule is Cn1cnc2c(=O)[nH]c(N)cc21. The van der Waals surface area contributed by atoms with Gasteiger partial charge in [0.15, 0.2) is 5.52 Å². The van der Waals surface area contributed by atoms with Gasteiger partial charge in [0, 0.05) is 13.1 Å². The van der Waals surface area contributed by atoms with Crippen LogP contribution in [0.3, 0.4) is 0 Å². The van der Waals surface area contributed by atoms with E-state index in [-0.39, 0.29) is 5.56 Å². The number of anilines is 1. The summed E-state index contributed by atoms with van der Waals surface area (Å²) in [5.74, 6) is 0.358. The third kappa shape index (κ3) is 0.795. The van der Waals surface area contributed by atoms with Crippen molar-refractivity contribution in [2.75, 3.05) is 5.73 Å². The first kappa shape index (κ1) is 6.90. The molecule has 0 aliphatic carbocycles. The summed E-state index contributed by atoms with van der Waals surface area (Å²) in [6.45, 7) is 0. The standard InChI is InChI=1S/C7H8N4O/c1-11-3-9-6-4(11)2-5(8)10-7(6)12/h2-3H,1H3,(H3,8,10,12). The van der Waals surface area contributed by atoms with Gasteiger partial charge in [-0.05, 0) is 0 Å². The molecule has 0 aliphatic rings. The van der Waals surface area contributed by atoms with Crippen LogP contribution in [0.4, 0.5) is 5.82 Å². The van der Waals surface area contributed by atoms with Gasteiger partial charge in [-0.1, -0.05) is 0 Å². The number of nitrogens with two attached hydrogens (primary N) is 1. The number of rotatable bonds is 0. The molecule has 0 bridgehead atoms. The molecule has 0 atom stereocenters. The molecule has 5 heteroatoms. The predicted molar refractivity (Wildman–Crippen MR) is 45.7 cm³/mol. The zero-order valence-corrected chi connectivity index (χ0v) is 6.53. The lowest BCUT2D eigenvalue weighted by molar-refractivity contribution is 0.947. The third-order valence-corrected chi connectivity index (χ3v) is 1.75. The molecule has 2 heterocycles. The van der Waals surface area contributed by atoms with Crippen molar-refractivity contribution < 1.29 is 0 Å². The molecule has 0 radical (unpaired) electrons. The smallest absolute Gasteiger partial charge is 0.277 e. The molecule has 2 rings (SSSR count). The van der Waals surface area contributed by atoms with Crippen LogP contribution in [0, 0.1) is 0 Å². The number of pyridine rings is 1. The first-order chi connectivity index (χ1) is 5.68. The van der Waals surface area contributed by atoms with Crippen molar-refractivity contribution in [1.29, 1.82) is 0 Å². The topological polar surface area (TPSA) is 76.7 Å². The summed E-state index contributed by atoms with van der Waals surface area (Å²) in [5, 5.41) is 0. The van der Waals surface area contributed by atoms with Gasteiger partial charge >= 0.3 is 0 Å². The molecule has 0 saturated carbocycles. The Morgan fingerprint density at radius 1 is 1.67 bits per heavy atom. The van der Waals surface area contributed by atoms with E-state index < -0.39 is 0 Å². The van der Waals surface area contributed by atoms with Gasteiger partial charge in [-0.3, -0.25) is 4.79 Å². The highest BCUT2D eigenvalue weighted by molar-refractivity contribution is 5.76. The minimum atomic E-state index is -0.245. The zero-order chi connectivity index (χ0) is 8.72. The van der Waals surface area contributed by atoms with Crippen molar-refractivity contribution in [3.05, 3.63) is 22.7 Å². The van der Waals surface area contributed by atoms with Crippen molar-refractivity contribution in [1.82, 2.24) is 14.5 Å². The summed E-state index contributed by atoms with van der Waals surface area (Å²) in [6.07, 6.45) is 1.58. The molecule has 3 N–H and O–H groups in total. The lowest BCUT2D eigenvalue weighted by Crippen LogP contribution is -2.09. The molecule has 0 unspecified atom stereocenters. The highest BCUT2D eigenvalue weighted by Crippen LogP contribution is 2.07. The van der Waals surface area contributed by atoms with Gasteiger partial charge in [0.25, 0.3) is 5.56 Å². The average Bonchev–Trinajstić information content (AvgIpc) is 2.33. The molecule has 0 amide bonds. The molecule has 2 aromatic rings. The predicted octanol–water partition coefficient (Wildman–Crippen LogP) is -0.156. The number of aromatic nitrogens is 3.